The van der Waals surface area contributed by atoms with Crippen LogP contribution in [0, 0.1) is 0 Å². The molecule has 1 aliphatic rings. The number of rotatable bonds is 2. The van der Waals surface area contributed by atoms with Crippen LogP contribution in [-0.4, -0.2) is 16.1 Å². The highest BCUT2D eigenvalue weighted by Gasteiger charge is 2.21. The molecule has 1 aromatic rings. The fraction of sp³-hybridized carbons (Fsp3) is 0.273. The van der Waals surface area contributed by atoms with Crippen LogP contribution < -0.4 is 5.73 Å². The second-order valence-corrected chi connectivity index (χ2v) is 4.53. The van der Waals surface area contributed by atoms with Gasteiger partial charge in [-0.05, 0) is 12.0 Å². The maximum Gasteiger partial charge on any atom is 0.181 e. The van der Waals surface area contributed by atoms with E-state index in [9.17, 15) is 0 Å². The highest BCUT2D eigenvalue weighted by atomic mass is 32.2. The average Bonchev–Trinajstić information content (AvgIpc) is 2.30. The summed E-state index contributed by atoms with van der Waals surface area (Å²) >= 11 is 1.59. The first-order valence-corrected chi connectivity index (χ1v) is 5.82. The van der Waals surface area contributed by atoms with E-state index in [4.69, 9.17) is 5.73 Å². The molecule has 0 saturated carbocycles. The zero-order chi connectivity index (χ0) is 10.7. The van der Waals surface area contributed by atoms with Gasteiger partial charge in [-0.3, -0.25) is 0 Å². The van der Waals surface area contributed by atoms with E-state index in [1.807, 2.05) is 18.2 Å². The fourth-order valence-corrected chi connectivity index (χ4v) is 2.36. The molecule has 4 heteroatoms. The third kappa shape index (κ3) is 2.21. The van der Waals surface area contributed by atoms with Crippen LogP contribution in [0.25, 0.3) is 0 Å². The molecule has 2 N–H and O–H groups in total. The van der Waals surface area contributed by atoms with Crippen molar-refractivity contribution < 1.29 is 0 Å². The van der Waals surface area contributed by atoms with E-state index < -0.39 is 0 Å². The number of nitrogens with two attached hydrogens (primary N) is 1. The second kappa shape index (κ2) is 4.49. The average molecular weight is 219 g/mol. The summed E-state index contributed by atoms with van der Waals surface area (Å²) < 4.78 is 0. The summed E-state index contributed by atoms with van der Waals surface area (Å²) in [7, 11) is 0. The van der Waals surface area contributed by atoms with Crippen molar-refractivity contribution in [3.8, 4) is 0 Å². The van der Waals surface area contributed by atoms with E-state index in [0.717, 1.165) is 17.7 Å². The molecule has 0 spiro atoms. The third-order valence-electron chi connectivity index (χ3n) is 2.26. The Hall–Kier alpha value is -1.29. The first kappa shape index (κ1) is 10.2. The lowest BCUT2D eigenvalue weighted by molar-refractivity contribution is 0.995. The fourth-order valence-electron chi connectivity index (χ4n) is 1.52. The Kier molecular flexibility index (Phi) is 3.06. The molecule has 2 rings (SSSR count). The SMILES string of the molecule is CC[C@@H]1SC(N)=NN=C1c1ccccc1. The van der Waals surface area contributed by atoms with Gasteiger partial charge in [0.25, 0.3) is 0 Å². The van der Waals surface area contributed by atoms with Gasteiger partial charge >= 0.3 is 0 Å². The minimum atomic E-state index is 0.324. The van der Waals surface area contributed by atoms with Crippen molar-refractivity contribution in [2.75, 3.05) is 0 Å². The number of hydrogen-bond donors (Lipinski definition) is 1. The van der Waals surface area contributed by atoms with Gasteiger partial charge in [-0.15, -0.1) is 5.10 Å². The van der Waals surface area contributed by atoms with Gasteiger partial charge in [0, 0.05) is 0 Å². The topological polar surface area (TPSA) is 50.7 Å². The molecule has 1 aromatic carbocycles. The van der Waals surface area contributed by atoms with Crippen molar-refractivity contribution in [3.63, 3.8) is 0 Å². The quantitative estimate of drug-likeness (QED) is 0.829. The summed E-state index contributed by atoms with van der Waals surface area (Å²) in [5, 5.41) is 9.00. The summed E-state index contributed by atoms with van der Waals surface area (Å²) in [5.41, 5.74) is 7.80. The predicted molar refractivity (Wildman–Crippen MR) is 66.3 cm³/mol. The van der Waals surface area contributed by atoms with Crippen molar-refractivity contribution in [2.24, 2.45) is 15.9 Å². The molecule has 1 atom stereocenters. The summed E-state index contributed by atoms with van der Waals surface area (Å²) in [4.78, 5) is 0. The van der Waals surface area contributed by atoms with E-state index in [1.54, 1.807) is 11.8 Å². The predicted octanol–water partition coefficient (Wildman–Crippen LogP) is 2.23. The van der Waals surface area contributed by atoms with Crippen molar-refractivity contribution in [2.45, 2.75) is 18.6 Å². The van der Waals surface area contributed by atoms with Crippen LogP contribution in [0.2, 0.25) is 0 Å². The van der Waals surface area contributed by atoms with E-state index in [2.05, 4.69) is 29.3 Å². The molecule has 0 amide bonds. The van der Waals surface area contributed by atoms with E-state index in [-0.39, 0.29) is 0 Å². The van der Waals surface area contributed by atoms with Crippen molar-refractivity contribution in [1.82, 2.24) is 0 Å². The molecule has 1 heterocycles. The van der Waals surface area contributed by atoms with Crippen LogP contribution in [0.5, 0.6) is 0 Å². The van der Waals surface area contributed by atoms with Crippen LogP contribution in [-0.2, 0) is 0 Å². The van der Waals surface area contributed by atoms with Crippen LogP contribution in [0.15, 0.2) is 40.5 Å². The van der Waals surface area contributed by atoms with Crippen molar-refractivity contribution >= 4 is 22.6 Å². The van der Waals surface area contributed by atoms with Gasteiger partial charge in [0.05, 0.1) is 11.0 Å². The first-order valence-electron chi connectivity index (χ1n) is 4.94. The first-order chi connectivity index (χ1) is 7.31. The lowest BCUT2D eigenvalue weighted by atomic mass is 10.1. The van der Waals surface area contributed by atoms with Crippen LogP contribution in [0.3, 0.4) is 0 Å². The van der Waals surface area contributed by atoms with Gasteiger partial charge in [0.15, 0.2) is 5.17 Å². The van der Waals surface area contributed by atoms with Gasteiger partial charge in [0.2, 0.25) is 0 Å². The summed E-state index contributed by atoms with van der Waals surface area (Å²) in [6.07, 6.45) is 1.01. The van der Waals surface area contributed by atoms with E-state index in [0.29, 0.717) is 10.4 Å². The maximum absolute atomic E-state index is 5.65. The molecule has 0 aromatic heterocycles. The van der Waals surface area contributed by atoms with Gasteiger partial charge in [-0.1, -0.05) is 49.0 Å². The van der Waals surface area contributed by atoms with Gasteiger partial charge in [-0.2, -0.15) is 5.10 Å². The van der Waals surface area contributed by atoms with Gasteiger partial charge < -0.3 is 5.73 Å². The zero-order valence-electron chi connectivity index (χ0n) is 8.55. The summed E-state index contributed by atoms with van der Waals surface area (Å²) in [6, 6.07) is 10.1. The van der Waals surface area contributed by atoms with E-state index >= 15 is 0 Å². The van der Waals surface area contributed by atoms with E-state index in [1.165, 1.54) is 0 Å². The Labute approximate surface area is 93.5 Å². The molecule has 0 saturated heterocycles. The minimum Gasteiger partial charge on any atom is -0.377 e. The summed E-state index contributed by atoms with van der Waals surface area (Å²) in [5.74, 6) is 0. The highest BCUT2D eigenvalue weighted by Crippen LogP contribution is 2.24. The molecule has 78 valence electrons. The molecule has 0 unspecified atom stereocenters. The van der Waals surface area contributed by atoms with Crippen LogP contribution in [0.4, 0.5) is 0 Å². The minimum absolute atomic E-state index is 0.324. The van der Waals surface area contributed by atoms with Crippen LogP contribution >= 0.6 is 11.8 Å². The molecule has 0 fully saturated rings. The third-order valence-corrected chi connectivity index (χ3v) is 3.43. The molecule has 3 nitrogen and oxygen atoms in total. The Morgan fingerprint density at radius 3 is 2.67 bits per heavy atom. The molecule has 0 bridgehead atoms. The highest BCUT2D eigenvalue weighted by molar-refractivity contribution is 8.15. The Balaban J connectivity index is 2.35. The lowest BCUT2D eigenvalue weighted by Crippen LogP contribution is -2.25. The Bertz CT molecular complexity index is 398. The summed E-state index contributed by atoms with van der Waals surface area (Å²) in [6.45, 7) is 2.13. The number of nitrogens with zero attached hydrogens (tertiary/aromatic N) is 2. The molecule has 15 heavy (non-hydrogen) atoms. The van der Waals surface area contributed by atoms with Crippen molar-refractivity contribution in [3.05, 3.63) is 35.9 Å². The standard InChI is InChI=1S/C11H13N3S/c1-2-9-10(13-14-11(12)15-9)8-6-4-3-5-7-8/h3-7,9H,2H2,1H3,(H2,12,14)/t9-/m0/s1. The number of benzene rings is 1. The second-order valence-electron chi connectivity index (χ2n) is 3.30. The Morgan fingerprint density at radius 1 is 1.27 bits per heavy atom. The molecular weight excluding hydrogens is 206 g/mol. The largest absolute Gasteiger partial charge is 0.377 e. The normalized spacial score (nSPS) is 20.7. The monoisotopic (exact) mass is 219 g/mol. The number of thioether (sulfide) groups is 1. The molecule has 1 aliphatic heterocycles. The number of hydrogen-bond acceptors (Lipinski definition) is 4. The molecule has 0 aliphatic carbocycles. The smallest absolute Gasteiger partial charge is 0.181 e. The van der Waals surface area contributed by atoms with Crippen LogP contribution in [0.1, 0.15) is 18.9 Å². The van der Waals surface area contributed by atoms with Gasteiger partial charge in [0.1, 0.15) is 0 Å². The number of amidine groups is 1. The lowest BCUT2D eigenvalue weighted by Gasteiger charge is -2.19. The van der Waals surface area contributed by atoms with Gasteiger partial charge in [-0.25, -0.2) is 0 Å². The molecular formula is C11H13N3S. The Morgan fingerprint density at radius 2 is 2.00 bits per heavy atom. The molecule has 0 radical (unpaired) electrons. The zero-order valence-corrected chi connectivity index (χ0v) is 9.37. The van der Waals surface area contributed by atoms with Crippen molar-refractivity contribution in [1.29, 1.82) is 0 Å². The maximum atomic E-state index is 5.65.